The van der Waals surface area contributed by atoms with Gasteiger partial charge in [-0.3, -0.25) is 4.79 Å². The average molecular weight is 386 g/mol. The standard InChI is InChI=1S/C22H30N2O4/c1-22(2,3)23-14-7-15-28-17-12-10-16(11-13-17)24-21(25)20-18(26-4)8-6-9-19(20)27-5/h6,8-13,23H,7,14-15H2,1-5H3,(H,24,25). The molecular formula is C22H30N2O4. The van der Waals surface area contributed by atoms with E-state index in [1.165, 1.54) is 14.2 Å². The first-order valence-electron chi connectivity index (χ1n) is 9.34. The van der Waals surface area contributed by atoms with E-state index < -0.39 is 0 Å². The molecule has 2 aromatic carbocycles. The molecule has 0 spiro atoms. The number of methoxy groups -OCH3 is 2. The summed E-state index contributed by atoms with van der Waals surface area (Å²) in [6.45, 7) is 7.95. The molecule has 152 valence electrons. The molecule has 28 heavy (non-hydrogen) atoms. The van der Waals surface area contributed by atoms with Crippen molar-refractivity contribution >= 4 is 11.6 Å². The number of carbonyl (C=O) groups excluding carboxylic acids is 1. The molecule has 0 saturated heterocycles. The fourth-order valence-electron chi connectivity index (χ4n) is 2.63. The summed E-state index contributed by atoms with van der Waals surface area (Å²) in [6, 6.07) is 12.5. The maximum absolute atomic E-state index is 12.7. The number of anilines is 1. The molecule has 2 aromatic rings. The number of nitrogens with one attached hydrogen (secondary N) is 2. The van der Waals surface area contributed by atoms with Crippen LogP contribution in [0.25, 0.3) is 0 Å². The molecule has 0 heterocycles. The normalized spacial score (nSPS) is 11.0. The number of carbonyl (C=O) groups is 1. The summed E-state index contributed by atoms with van der Waals surface area (Å²) in [5.41, 5.74) is 1.14. The van der Waals surface area contributed by atoms with Crippen molar-refractivity contribution < 1.29 is 19.0 Å². The van der Waals surface area contributed by atoms with Crippen LogP contribution in [-0.2, 0) is 0 Å². The van der Waals surface area contributed by atoms with E-state index in [0.717, 1.165) is 18.7 Å². The molecule has 0 aliphatic rings. The van der Waals surface area contributed by atoms with Crippen LogP contribution in [0.4, 0.5) is 5.69 Å². The highest BCUT2D eigenvalue weighted by Crippen LogP contribution is 2.29. The van der Waals surface area contributed by atoms with Gasteiger partial charge in [0.05, 0.1) is 20.8 Å². The van der Waals surface area contributed by atoms with Gasteiger partial charge in [0.1, 0.15) is 22.8 Å². The minimum Gasteiger partial charge on any atom is -0.496 e. The Morgan fingerprint density at radius 1 is 0.964 bits per heavy atom. The minimum atomic E-state index is -0.295. The Morgan fingerprint density at radius 3 is 2.11 bits per heavy atom. The maximum atomic E-state index is 12.7. The molecule has 2 N–H and O–H groups in total. The Balaban J connectivity index is 1.91. The van der Waals surface area contributed by atoms with E-state index in [1.54, 1.807) is 18.2 Å². The number of hydrogen-bond donors (Lipinski definition) is 2. The predicted octanol–water partition coefficient (Wildman–Crippen LogP) is 4.11. The first-order chi connectivity index (χ1) is 13.3. The van der Waals surface area contributed by atoms with Crippen LogP contribution in [0.3, 0.4) is 0 Å². The van der Waals surface area contributed by atoms with Gasteiger partial charge < -0.3 is 24.8 Å². The van der Waals surface area contributed by atoms with Crippen molar-refractivity contribution in [3.8, 4) is 17.2 Å². The summed E-state index contributed by atoms with van der Waals surface area (Å²) >= 11 is 0. The monoisotopic (exact) mass is 386 g/mol. The summed E-state index contributed by atoms with van der Waals surface area (Å²) in [5.74, 6) is 1.39. The second-order valence-electron chi connectivity index (χ2n) is 7.39. The second kappa shape index (κ2) is 9.99. The van der Waals surface area contributed by atoms with Crippen LogP contribution < -0.4 is 24.8 Å². The first-order valence-corrected chi connectivity index (χ1v) is 9.34. The molecule has 0 unspecified atom stereocenters. The summed E-state index contributed by atoms with van der Waals surface area (Å²) in [5, 5.41) is 6.29. The van der Waals surface area contributed by atoms with Crippen LogP contribution in [0.15, 0.2) is 42.5 Å². The zero-order valence-corrected chi connectivity index (χ0v) is 17.3. The molecule has 0 radical (unpaired) electrons. The smallest absolute Gasteiger partial charge is 0.263 e. The van der Waals surface area contributed by atoms with Crippen molar-refractivity contribution in [1.82, 2.24) is 5.32 Å². The third-order valence-electron chi connectivity index (χ3n) is 4.01. The zero-order valence-electron chi connectivity index (χ0n) is 17.3. The lowest BCUT2D eigenvalue weighted by Crippen LogP contribution is -2.36. The summed E-state index contributed by atoms with van der Waals surface area (Å²) < 4.78 is 16.3. The maximum Gasteiger partial charge on any atom is 0.263 e. The van der Waals surface area contributed by atoms with Gasteiger partial charge in [-0.15, -0.1) is 0 Å². The second-order valence-corrected chi connectivity index (χ2v) is 7.39. The quantitative estimate of drug-likeness (QED) is 0.635. The van der Waals surface area contributed by atoms with Crippen LogP contribution in [0.5, 0.6) is 17.2 Å². The number of ether oxygens (including phenoxy) is 3. The van der Waals surface area contributed by atoms with Crippen molar-refractivity contribution in [3.63, 3.8) is 0 Å². The minimum absolute atomic E-state index is 0.115. The van der Waals surface area contributed by atoms with Gasteiger partial charge in [0.2, 0.25) is 0 Å². The van der Waals surface area contributed by atoms with Gasteiger partial charge in [-0.2, -0.15) is 0 Å². The van der Waals surface area contributed by atoms with E-state index >= 15 is 0 Å². The van der Waals surface area contributed by atoms with Gasteiger partial charge in [0, 0.05) is 11.2 Å². The van der Waals surface area contributed by atoms with Gasteiger partial charge in [-0.1, -0.05) is 6.07 Å². The lowest BCUT2D eigenvalue weighted by molar-refractivity contribution is 0.102. The Kier molecular flexibility index (Phi) is 7.70. The third-order valence-corrected chi connectivity index (χ3v) is 4.01. The fraction of sp³-hybridized carbons (Fsp3) is 0.409. The molecule has 0 aromatic heterocycles. The zero-order chi connectivity index (χ0) is 20.6. The lowest BCUT2D eigenvalue weighted by Gasteiger charge is -2.20. The van der Waals surface area contributed by atoms with Crippen molar-refractivity contribution in [1.29, 1.82) is 0 Å². The molecule has 0 aliphatic carbocycles. The fourth-order valence-corrected chi connectivity index (χ4v) is 2.63. The largest absolute Gasteiger partial charge is 0.496 e. The SMILES string of the molecule is COc1cccc(OC)c1C(=O)Nc1ccc(OCCCNC(C)(C)C)cc1. The highest BCUT2D eigenvalue weighted by atomic mass is 16.5. The van der Waals surface area contributed by atoms with Crippen molar-refractivity contribution in [3.05, 3.63) is 48.0 Å². The molecule has 0 aliphatic heterocycles. The molecule has 0 atom stereocenters. The molecular weight excluding hydrogens is 356 g/mol. The van der Waals surface area contributed by atoms with E-state index in [4.69, 9.17) is 14.2 Å². The summed E-state index contributed by atoms with van der Waals surface area (Å²) in [6.07, 6.45) is 0.920. The molecule has 0 bridgehead atoms. The van der Waals surface area contributed by atoms with Gasteiger partial charge in [0.15, 0.2) is 0 Å². The first kappa shape index (κ1) is 21.6. The van der Waals surface area contributed by atoms with E-state index in [0.29, 0.717) is 29.4 Å². The van der Waals surface area contributed by atoms with Crippen molar-refractivity contribution in [2.45, 2.75) is 32.7 Å². The number of amides is 1. The van der Waals surface area contributed by atoms with Crippen molar-refractivity contribution in [2.75, 3.05) is 32.7 Å². The molecule has 0 saturated carbocycles. The Hall–Kier alpha value is -2.73. The highest BCUT2D eigenvalue weighted by molar-refractivity contribution is 6.08. The molecule has 6 nitrogen and oxygen atoms in total. The predicted molar refractivity (Wildman–Crippen MR) is 112 cm³/mol. The Bertz CT molecular complexity index is 745. The molecule has 1 amide bonds. The van der Waals surface area contributed by atoms with Crippen LogP contribution in [0.2, 0.25) is 0 Å². The van der Waals surface area contributed by atoms with E-state index in [1.807, 2.05) is 24.3 Å². The topological polar surface area (TPSA) is 68.8 Å². The number of benzene rings is 2. The molecule has 0 fully saturated rings. The van der Waals surface area contributed by atoms with Gasteiger partial charge in [0.25, 0.3) is 5.91 Å². The van der Waals surface area contributed by atoms with Gasteiger partial charge >= 0.3 is 0 Å². The van der Waals surface area contributed by atoms with Crippen LogP contribution in [0, 0.1) is 0 Å². The Labute approximate surface area is 167 Å². The lowest BCUT2D eigenvalue weighted by atomic mass is 10.1. The molecule has 2 rings (SSSR count). The highest BCUT2D eigenvalue weighted by Gasteiger charge is 2.18. The number of rotatable bonds is 9. The molecule has 6 heteroatoms. The van der Waals surface area contributed by atoms with Crippen LogP contribution in [-0.4, -0.2) is 38.8 Å². The van der Waals surface area contributed by atoms with Gasteiger partial charge in [-0.25, -0.2) is 0 Å². The van der Waals surface area contributed by atoms with Crippen LogP contribution in [0.1, 0.15) is 37.6 Å². The van der Waals surface area contributed by atoms with E-state index in [-0.39, 0.29) is 11.4 Å². The summed E-state index contributed by atoms with van der Waals surface area (Å²) in [4.78, 5) is 12.7. The Morgan fingerprint density at radius 2 is 1.57 bits per heavy atom. The third kappa shape index (κ3) is 6.46. The van der Waals surface area contributed by atoms with Crippen LogP contribution >= 0.6 is 0 Å². The van der Waals surface area contributed by atoms with Crippen molar-refractivity contribution in [2.24, 2.45) is 0 Å². The van der Waals surface area contributed by atoms with E-state index in [2.05, 4.69) is 31.4 Å². The average Bonchev–Trinajstić information content (AvgIpc) is 2.67. The number of hydrogen-bond acceptors (Lipinski definition) is 5. The summed E-state index contributed by atoms with van der Waals surface area (Å²) in [7, 11) is 3.05. The van der Waals surface area contributed by atoms with E-state index in [9.17, 15) is 4.79 Å². The van der Waals surface area contributed by atoms with Gasteiger partial charge in [-0.05, 0) is 70.1 Å².